The molecular weight excluding hydrogens is 616 g/mol. The van der Waals surface area contributed by atoms with E-state index in [0.717, 1.165) is 28.7 Å². The lowest BCUT2D eigenvalue weighted by Crippen LogP contribution is -2.54. The Balaban J connectivity index is 1.24. The summed E-state index contributed by atoms with van der Waals surface area (Å²) in [4.78, 5) is 40.1. The van der Waals surface area contributed by atoms with Gasteiger partial charge in [0.25, 0.3) is 0 Å². The number of carbonyl (C=O) groups excluding carboxylic acids is 3. The molecule has 3 aliphatic heterocycles. The molecule has 3 aromatic rings. The molecule has 3 heterocycles. The van der Waals surface area contributed by atoms with E-state index in [4.69, 9.17) is 19.9 Å². The molecule has 1 unspecified atom stereocenters. The van der Waals surface area contributed by atoms with E-state index in [1.54, 1.807) is 23.9 Å². The van der Waals surface area contributed by atoms with E-state index >= 15 is 0 Å². The number of thioether (sulfide) groups is 1. The van der Waals surface area contributed by atoms with Crippen LogP contribution in [0, 0.1) is 5.92 Å². The quantitative estimate of drug-likeness (QED) is 0.209. The molecule has 10 nitrogen and oxygen atoms in total. The first-order chi connectivity index (χ1) is 22.7. The molecule has 0 aliphatic carbocycles. The van der Waals surface area contributed by atoms with Crippen LogP contribution in [-0.2, 0) is 36.1 Å². The van der Waals surface area contributed by atoms with Crippen LogP contribution >= 0.6 is 11.8 Å². The molecule has 1 spiro atoms. The number of ether oxygens (including phenoxy) is 3. The predicted octanol–water partition coefficient (Wildman–Crippen LogP) is 5.08. The number of carbonyl (C=O) groups is 3. The molecule has 6 rings (SSSR count). The van der Waals surface area contributed by atoms with Crippen LogP contribution in [0.25, 0.3) is 0 Å². The van der Waals surface area contributed by atoms with Crippen molar-refractivity contribution in [1.82, 2.24) is 10.6 Å². The van der Waals surface area contributed by atoms with Gasteiger partial charge in [-0.05, 0) is 79.0 Å². The molecule has 1 saturated heterocycles. The molecule has 248 valence electrons. The van der Waals surface area contributed by atoms with Crippen molar-refractivity contribution in [1.29, 1.82) is 0 Å². The SMILES string of the molecule is CSCC[C@H](NC(=O)[C@H](CC(C)C)NC(=O)[C@H]1CCCO1)C(=O)Nc1ccc2c(c1)Oc1cc(N)ccc1C21OCc2ccccc21. The van der Waals surface area contributed by atoms with Crippen LogP contribution in [0.2, 0.25) is 0 Å². The van der Waals surface area contributed by atoms with Gasteiger partial charge in [0.1, 0.15) is 29.7 Å². The summed E-state index contributed by atoms with van der Waals surface area (Å²) in [6, 6.07) is 17.6. The maximum atomic E-state index is 13.7. The second-order valence-corrected chi connectivity index (χ2v) is 13.7. The van der Waals surface area contributed by atoms with Gasteiger partial charge in [-0.15, -0.1) is 0 Å². The highest BCUT2D eigenvalue weighted by Gasteiger charge is 2.49. The van der Waals surface area contributed by atoms with Gasteiger partial charge in [0.15, 0.2) is 5.60 Å². The number of nitrogens with two attached hydrogens (primary N) is 1. The van der Waals surface area contributed by atoms with Gasteiger partial charge in [0.05, 0.1) is 6.61 Å². The second kappa shape index (κ2) is 14.0. The number of anilines is 2. The average molecular weight is 659 g/mol. The van der Waals surface area contributed by atoms with E-state index in [1.807, 2.05) is 56.5 Å². The van der Waals surface area contributed by atoms with Crippen LogP contribution in [0.3, 0.4) is 0 Å². The third-order valence-electron chi connectivity index (χ3n) is 8.88. The summed E-state index contributed by atoms with van der Waals surface area (Å²) in [5, 5.41) is 8.78. The van der Waals surface area contributed by atoms with Gasteiger partial charge >= 0.3 is 0 Å². The molecule has 0 bridgehead atoms. The summed E-state index contributed by atoms with van der Waals surface area (Å²) in [5.74, 6) is 0.869. The van der Waals surface area contributed by atoms with E-state index in [2.05, 4.69) is 28.1 Å². The highest BCUT2D eigenvalue weighted by Crippen LogP contribution is 2.56. The van der Waals surface area contributed by atoms with Gasteiger partial charge in [-0.2, -0.15) is 11.8 Å². The van der Waals surface area contributed by atoms with Crippen LogP contribution in [0.1, 0.15) is 61.8 Å². The Labute approximate surface area is 279 Å². The number of hydrogen-bond donors (Lipinski definition) is 4. The molecule has 0 aromatic heterocycles. The third-order valence-corrected chi connectivity index (χ3v) is 9.52. The summed E-state index contributed by atoms with van der Waals surface area (Å²) in [6.45, 7) is 4.95. The van der Waals surface area contributed by atoms with E-state index < -0.39 is 29.7 Å². The van der Waals surface area contributed by atoms with Crippen LogP contribution in [0.5, 0.6) is 11.5 Å². The maximum absolute atomic E-state index is 13.7. The van der Waals surface area contributed by atoms with Crippen LogP contribution in [0.15, 0.2) is 60.7 Å². The van der Waals surface area contributed by atoms with Gasteiger partial charge in [-0.3, -0.25) is 14.4 Å². The van der Waals surface area contributed by atoms with Gasteiger partial charge in [0.2, 0.25) is 17.7 Å². The minimum Gasteiger partial charge on any atom is -0.456 e. The van der Waals surface area contributed by atoms with Crippen molar-refractivity contribution in [3.8, 4) is 11.5 Å². The number of rotatable bonds is 11. The van der Waals surface area contributed by atoms with Gasteiger partial charge in [-0.25, -0.2) is 0 Å². The van der Waals surface area contributed by atoms with Crippen LogP contribution < -0.4 is 26.4 Å². The highest BCUT2D eigenvalue weighted by molar-refractivity contribution is 7.98. The number of amides is 3. The maximum Gasteiger partial charge on any atom is 0.249 e. The van der Waals surface area contributed by atoms with Crippen molar-refractivity contribution >= 4 is 40.9 Å². The zero-order chi connectivity index (χ0) is 33.1. The molecule has 3 aromatic carbocycles. The topological polar surface area (TPSA) is 141 Å². The lowest BCUT2D eigenvalue weighted by molar-refractivity contribution is -0.135. The normalized spacial score (nSPS) is 20.5. The van der Waals surface area contributed by atoms with Gasteiger partial charge in [0, 0.05) is 41.2 Å². The minimum atomic E-state index is -0.885. The van der Waals surface area contributed by atoms with E-state index in [1.165, 1.54) is 0 Å². The molecule has 0 saturated carbocycles. The Hall–Kier alpha value is -4.06. The van der Waals surface area contributed by atoms with Crippen LogP contribution in [0.4, 0.5) is 11.4 Å². The molecule has 3 amide bonds. The molecule has 0 radical (unpaired) electrons. The van der Waals surface area contributed by atoms with Crippen molar-refractivity contribution in [2.75, 3.05) is 29.7 Å². The van der Waals surface area contributed by atoms with Crippen molar-refractivity contribution in [3.05, 3.63) is 82.9 Å². The largest absolute Gasteiger partial charge is 0.456 e. The second-order valence-electron chi connectivity index (χ2n) is 12.7. The Morgan fingerprint density at radius 1 is 0.957 bits per heavy atom. The minimum absolute atomic E-state index is 0.143. The summed E-state index contributed by atoms with van der Waals surface area (Å²) in [5.41, 5.74) is 10.2. The first-order valence-electron chi connectivity index (χ1n) is 16.2. The lowest BCUT2D eigenvalue weighted by Gasteiger charge is -2.37. The number of nitrogen functional groups attached to an aromatic ring is 1. The Morgan fingerprint density at radius 2 is 1.72 bits per heavy atom. The van der Waals surface area contributed by atoms with E-state index in [9.17, 15) is 14.4 Å². The number of benzene rings is 3. The van der Waals surface area contributed by atoms with E-state index in [-0.39, 0.29) is 17.7 Å². The molecule has 11 heteroatoms. The van der Waals surface area contributed by atoms with Crippen molar-refractivity contribution < 1.29 is 28.6 Å². The van der Waals surface area contributed by atoms with Crippen molar-refractivity contribution in [2.45, 2.75) is 69.9 Å². The zero-order valence-corrected chi connectivity index (χ0v) is 27.8. The number of nitrogens with one attached hydrogen (secondary N) is 3. The number of fused-ring (bicyclic) bond motifs is 6. The number of hydrogen-bond acceptors (Lipinski definition) is 8. The van der Waals surface area contributed by atoms with Crippen molar-refractivity contribution in [3.63, 3.8) is 0 Å². The molecular formula is C36H42N4O6S. The Kier molecular flexibility index (Phi) is 9.77. The molecule has 4 atom stereocenters. The molecule has 5 N–H and O–H groups in total. The fourth-order valence-corrected chi connectivity index (χ4v) is 7.08. The molecule has 47 heavy (non-hydrogen) atoms. The predicted molar refractivity (Wildman–Crippen MR) is 182 cm³/mol. The van der Waals surface area contributed by atoms with Gasteiger partial charge < -0.3 is 35.9 Å². The van der Waals surface area contributed by atoms with Crippen molar-refractivity contribution in [2.24, 2.45) is 5.92 Å². The van der Waals surface area contributed by atoms with Gasteiger partial charge in [-0.1, -0.05) is 38.1 Å². The molecule has 1 fully saturated rings. The standard InChI is InChI=1S/C36H42N4O6S/c1-21(2)17-29(40-35(43)30-9-6-15-44-30)34(42)39-28(14-16-47-3)33(41)38-24-11-13-27-32(19-24)46-31-18-23(37)10-12-26(31)36(27)25-8-5-4-7-22(25)20-45-36/h4-5,7-8,10-13,18-19,21,28-30H,6,9,14-17,20,37H2,1-3H3,(H,38,41)(H,39,42)(H,40,43)/t28-,29-,30+,36?/m0/s1. The first kappa shape index (κ1) is 32.9. The third kappa shape index (κ3) is 6.70. The summed E-state index contributed by atoms with van der Waals surface area (Å²) in [6.07, 6.45) is 3.68. The fourth-order valence-electron chi connectivity index (χ4n) is 6.61. The first-order valence-corrected chi connectivity index (χ1v) is 17.6. The fraction of sp³-hybridized carbons (Fsp3) is 0.417. The summed E-state index contributed by atoms with van der Waals surface area (Å²) < 4.78 is 18.5. The Morgan fingerprint density at radius 3 is 2.47 bits per heavy atom. The monoisotopic (exact) mass is 658 g/mol. The van der Waals surface area contributed by atoms with Crippen LogP contribution in [-0.4, -0.2) is 54.5 Å². The Bertz CT molecular complexity index is 1660. The zero-order valence-electron chi connectivity index (χ0n) is 27.0. The molecule has 3 aliphatic rings. The summed E-state index contributed by atoms with van der Waals surface area (Å²) >= 11 is 1.58. The summed E-state index contributed by atoms with van der Waals surface area (Å²) in [7, 11) is 0. The lowest BCUT2D eigenvalue weighted by atomic mass is 9.77. The average Bonchev–Trinajstić information content (AvgIpc) is 3.72. The smallest absolute Gasteiger partial charge is 0.249 e. The highest BCUT2D eigenvalue weighted by atomic mass is 32.2. The van der Waals surface area contributed by atoms with E-state index in [0.29, 0.717) is 61.1 Å².